The molecule has 3 N–H and O–H groups in total. The summed E-state index contributed by atoms with van der Waals surface area (Å²) in [5.41, 5.74) is 5.22. The van der Waals surface area contributed by atoms with E-state index in [1.807, 2.05) is 0 Å². The van der Waals surface area contributed by atoms with Crippen LogP contribution in [0.5, 0.6) is 0 Å². The number of nitrogens with two attached hydrogens (primary N) is 1. The summed E-state index contributed by atoms with van der Waals surface area (Å²) in [5, 5.41) is 7.09. The number of nitrogens with one attached hydrogen (secondary N) is 1. The third kappa shape index (κ3) is 7.78. The van der Waals surface area contributed by atoms with Gasteiger partial charge in [-0.2, -0.15) is 0 Å². The lowest BCUT2D eigenvalue weighted by molar-refractivity contribution is -0.143. The largest absolute Gasteiger partial charge is 0.464 e. The maximum absolute atomic E-state index is 11.1. The SMILES string of the molecule is CCCCCC(=O)OCCN(C)C(=N)N. The minimum atomic E-state index is -0.166. The summed E-state index contributed by atoms with van der Waals surface area (Å²) in [6.45, 7) is 2.85. The Balaban J connectivity index is 3.42. The highest BCUT2D eigenvalue weighted by molar-refractivity contribution is 5.74. The van der Waals surface area contributed by atoms with Crippen molar-refractivity contribution in [2.75, 3.05) is 20.2 Å². The van der Waals surface area contributed by atoms with E-state index < -0.39 is 0 Å². The molecule has 0 aliphatic rings. The molecule has 0 aromatic rings. The Morgan fingerprint density at radius 2 is 2.13 bits per heavy atom. The van der Waals surface area contributed by atoms with Crippen LogP contribution in [-0.2, 0) is 9.53 Å². The van der Waals surface area contributed by atoms with Gasteiger partial charge in [-0.3, -0.25) is 10.2 Å². The normalized spacial score (nSPS) is 9.73. The molecule has 0 radical (unpaired) electrons. The Labute approximate surface area is 91.1 Å². The van der Waals surface area contributed by atoms with Crippen molar-refractivity contribution in [3.63, 3.8) is 0 Å². The van der Waals surface area contributed by atoms with Gasteiger partial charge in [0.25, 0.3) is 0 Å². The van der Waals surface area contributed by atoms with E-state index >= 15 is 0 Å². The van der Waals surface area contributed by atoms with Crippen LogP contribution in [0.2, 0.25) is 0 Å². The smallest absolute Gasteiger partial charge is 0.305 e. The van der Waals surface area contributed by atoms with Crippen molar-refractivity contribution >= 4 is 11.9 Å². The van der Waals surface area contributed by atoms with Crippen LogP contribution in [0.15, 0.2) is 0 Å². The monoisotopic (exact) mass is 215 g/mol. The van der Waals surface area contributed by atoms with E-state index in [4.69, 9.17) is 15.9 Å². The zero-order valence-electron chi connectivity index (χ0n) is 9.58. The first kappa shape index (κ1) is 13.7. The summed E-state index contributed by atoms with van der Waals surface area (Å²) >= 11 is 0. The van der Waals surface area contributed by atoms with Gasteiger partial charge in [-0.05, 0) is 6.42 Å². The Morgan fingerprint density at radius 3 is 2.67 bits per heavy atom. The molecule has 0 rings (SSSR count). The number of nitrogens with zero attached hydrogens (tertiary/aromatic N) is 1. The summed E-state index contributed by atoms with van der Waals surface area (Å²) in [4.78, 5) is 12.7. The number of carbonyl (C=O) groups is 1. The van der Waals surface area contributed by atoms with Crippen LogP contribution in [-0.4, -0.2) is 37.0 Å². The van der Waals surface area contributed by atoms with Crippen LogP contribution in [0.4, 0.5) is 0 Å². The molecule has 5 heteroatoms. The number of ether oxygens (including phenoxy) is 1. The molecule has 0 amide bonds. The summed E-state index contributed by atoms with van der Waals surface area (Å²) in [5.74, 6) is -0.183. The van der Waals surface area contributed by atoms with Crippen molar-refractivity contribution in [1.82, 2.24) is 4.90 Å². The van der Waals surface area contributed by atoms with Gasteiger partial charge in [0.05, 0.1) is 6.54 Å². The van der Waals surface area contributed by atoms with Crippen molar-refractivity contribution < 1.29 is 9.53 Å². The zero-order chi connectivity index (χ0) is 11.7. The molecule has 0 aliphatic heterocycles. The Hall–Kier alpha value is -1.26. The maximum atomic E-state index is 11.1. The predicted molar refractivity (Wildman–Crippen MR) is 59.6 cm³/mol. The lowest BCUT2D eigenvalue weighted by Crippen LogP contribution is -2.35. The van der Waals surface area contributed by atoms with Crippen molar-refractivity contribution in [3.05, 3.63) is 0 Å². The van der Waals surface area contributed by atoms with Crippen molar-refractivity contribution in [3.8, 4) is 0 Å². The van der Waals surface area contributed by atoms with Gasteiger partial charge in [-0.15, -0.1) is 0 Å². The highest BCUT2D eigenvalue weighted by Crippen LogP contribution is 2.00. The second-order valence-electron chi connectivity index (χ2n) is 3.48. The average Bonchev–Trinajstić information content (AvgIpc) is 2.18. The Bertz CT molecular complexity index is 207. The first-order valence-corrected chi connectivity index (χ1v) is 5.28. The van der Waals surface area contributed by atoms with E-state index in [9.17, 15) is 4.79 Å². The summed E-state index contributed by atoms with van der Waals surface area (Å²) < 4.78 is 4.98. The van der Waals surface area contributed by atoms with E-state index in [0.717, 1.165) is 19.3 Å². The van der Waals surface area contributed by atoms with Gasteiger partial charge in [-0.1, -0.05) is 19.8 Å². The van der Waals surface area contributed by atoms with Crippen LogP contribution in [0.25, 0.3) is 0 Å². The number of carbonyl (C=O) groups excluding carboxylic acids is 1. The molecule has 15 heavy (non-hydrogen) atoms. The second kappa shape index (κ2) is 8.08. The van der Waals surface area contributed by atoms with Gasteiger partial charge < -0.3 is 15.4 Å². The number of hydrogen-bond donors (Lipinski definition) is 2. The lowest BCUT2D eigenvalue weighted by Gasteiger charge is -2.15. The minimum absolute atomic E-state index is 0.0166. The molecule has 0 aromatic heterocycles. The predicted octanol–water partition coefficient (Wildman–Crippen LogP) is 0.935. The quantitative estimate of drug-likeness (QED) is 0.286. The standard InChI is InChI=1S/C10H21N3O2/c1-3-4-5-6-9(14)15-8-7-13(2)10(11)12/h3-8H2,1-2H3,(H3,11,12). The molecule has 0 heterocycles. The van der Waals surface area contributed by atoms with Crippen LogP contribution in [0, 0.1) is 5.41 Å². The molecule has 0 aliphatic carbocycles. The van der Waals surface area contributed by atoms with Crippen molar-refractivity contribution in [1.29, 1.82) is 5.41 Å². The average molecular weight is 215 g/mol. The zero-order valence-corrected chi connectivity index (χ0v) is 9.58. The number of rotatable bonds is 7. The molecule has 0 atom stereocenters. The fourth-order valence-corrected chi connectivity index (χ4v) is 1.01. The second-order valence-corrected chi connectivity index (χ2v) is 3.48. The van der Waals surface area contributed by atoms with Crippen LogP contribution in [0.3, 0.4) is 0 Å². The van der Waals surface area contributed by atoms with Crippen LogP contribution < -0.4 is 5.73 Å². The van der Waals surface area contributed by atoms with Gasteiger partial charge in [0, 0.05) is 13.5 Å². The molecule has 0 bridgehead atoms. The van der Waals surface area contributed by atoms with Crippen LogP contribution in [0.1, 0.15) is 32.6 Å². The van der Waals surface area contributed by atoms with Gasteiger partial charge >= 0.3 is 5.97 Å². The molecule has 0 saturated heterocycles. The molecule has 0 aromatic carbocycles. The molecule has 0 saturated carbocycles. The molecule has 88 valence electrons. The molecular formula is C10H21N3O2. The number of likely N-dealkylation sites (N-methyl/N-ethyl adjacent to an activating group) is 1. The lowest BCUT2D eigenvalue weighted by atomic mass is 10.2. The minimum Gasteiger partial charge on any atom is -0.464 e. The summed E-state index contributed by atoms with van der Waals surface area (Å²) in [7, 11) is 1.69. The van der Waals surface area contributed by atoms with Gasteiger partial charge in [0.15, 0.2) is 5.96 Å². The van der Waals surface area contributed by atoms with E-state index in [1.165, 1.54) is 4.90 Å². The van der Waals surface area contributed by atoms with Crippen LogP contribution >= 0.6 is 0 Å². The van der Waals surface area contributed by atoms with E-state index in [2.05, 4.69) is 6.92 Å². The fraction of sp³-hybridized carbons (Fsp3) is 0.800. The Morgan fingerprint density at radius 1 is 1.47 bits per heavy atom. The first-order valence-electron chi connectivity index (χ1n) is 5.28. The van der Waals surface area contributed by atoms with Gasteiger partial charge in [-0.25, -0.2) is 0 Å². The van der Waals surface area contributed by atoms with Crippen molar-refractivity contribution in [2.24, 2.45) is 5.73 Å². The third-order valence-corrected chi connectivity index (χ3v) is 2.09. The first-order chi connectivity index (χ1) is 7.07. The number of hydrogen-bond acceptors (Lipinski definition) is 3. The molecular weight excluding hydrogens is 194 g/mol. The Kier molecular flexibility index (Phi) is 7.40. The van der Waals surface area contributed by atoms with E-state index in [-0.39, 0.29) is 11.9 Å². The third-order valence-electron chi connectivity index (χ3n) is 2.09. The molecule has 0 fully saturated rings. The van der Waals surface area contributed by atoms with Gasteiger partial charge in [0.1, 0.15) is 6.61 Å². The highest BCUT2D eigenvalue weighted by atomic mass is 16.5. The molecule has 0 unspecified atom stereocenters. The molecule has 0 spiro atoms. The summed E-state index contributed by atoms with van der Waals surface area (Å²) in [6.07, 6.45) is 3.53. The fourth-order valence-electron chi connectivity index (χ4n) is 1.01. The summed E-state index contributed by atoms with van der Waals surface area (Å²) in [6, 6.07) is 0. The molecule has 5 nitrogen and oxygen atoms in total. The highest BCUT2D eigenvalue weighted by Gasteiger charge is 2.04. The van der Waals surface area contributed by atoms with Gasteiger partial charge in [0.2, 0.25) is 0 Å². The van der Waals surface area contributed by atoms with E-state index in [1.54, 1.807) is 7.05 Å². The number of unbranched alkanes of at least 4 members (excludes halogenated alkanes) is 2. The number of esters is 1. The number of guanidine groups is 1. The topological polar surface area (TPSA) is 79.4 Å². The maximum Gasteiger partial charge on any atom is 0.305 e. The van der Waals surface area contributed by atoms with Crippen molar-refractivity contribution in [2.45, 2.75) is 32.6 Å². The van der Waals surface area contributed by atoms with E-state index in [0.29, 0.717) is 19.6 Å².